The van der Waals surface area contributed by atoms with E-state index in [9.17, 15) is 14.0 Å². The molecule has 0 atom stereocenters. The van der Waals surface area contributed by atoms with Gasteiger partial charge in [-0.05, 0) is 43.2 Å². The number of aryl methyl sites for hydroxylation is 1. The molecule has 0 aliphatic carbocycles. The molecule has 3 rings (SSSR count). The van der Waals surface area contributed by atoms with Gasteiger partial charge in [0.2, 0.25) is 11.8 Å². The van der Waals surface area contributed by atoms with Crippen LogP contribution in [0.4, 0.5) is 15.8 Å². The molecule has 0 spiro atoms. The number of amides is 2. The third-order valence-electron chi connectivity index (χ3n) is 4.05. The Morgan fingerprint density at radius 2 is 2.08 bits per heavy atom. The molecule has 0 aromatic heterocycles. The van der Waals surface area contributed by atoms with Crippen LogP contribution in [0.1, 0.15) is 24.0 Å². The summed E-state index contributed by atoms with van der Waals surface area (Å²) < 4.78 is 14.3. The zero-order chi connectivity index (χ0) is 17.8. The Morgan fingerprint density at radius 1 is 1.24 bits per heavy atom. The summed E-state index contributed by atoms with van der Waals surface area (Å²) >= 11 is 0. The molecule has 0 saturated carbocycles. The average Bonchev–Trinajstić information content (AvgIpc) is 2.99. The molecule has 2 aromatic carbocycles. The highest BCUT2D eigenvalue weighted by Crippen LogP contribution is 2.26. The molecule has 1 N–H and O–H groups in total. The molecule has 4 nitrogen and oxygen atoms in total. The molecule has 1 aliphatic rings. The SMILES string of the molecule is Cc1cccc(/C=C/C(=O)Nc2ccc(N3CCCC3=O)c(F)c2)c1. The largest absolute Gasteiger partial charge is 0.322 e. The van der Waals surface area contributed by atoms with Crippen molar-refractivity contribution in [2.45, 2.75) is 19.8 Å². The van der Waals surface area contributed by atoms with Crippen LogP contribution in [0.5, 0.6) is 0 Å². The van der Waals surface area contributed by atoms with Gasteiger partial charge in [-0.2, -0.15) is 0 Å². The van der Waals surface area contributed by atoms with Crippen molar-refractivity contribution in [3.05, 3.63) is 65.5 Å². The first-order valence-corrected chi connectivity index (χ1v) is 8.18. The van der Waals surface area contributed by atoms with Crippen molar-refractivity contribution >= 4 is 29.3 Å². The number of carbonyl (C=O) groups excluding carboxylic acids is 2. The Kier molecular flexibility index (Phi) is 4.93. The van der Waals surface area contributed by atoms with Crippen LogP contribution >= 0.6 is 0 Å². The highest BCUT2D eigenvalue weighted by atomic mass is 19.1. The number of rotatable bonds is 4. The predicted molar refractivity (Wildman–Crippen MR) is 96.8 cm³/mol. The van der Waals surface area contributed by atoms with E-state index in [0.717, 1.165) is 17.5 Å². The zero-order valence-corrected chi connectivity index (χ0v) is 14.0. The smallest absolute Gasteiger partial charge is 0.248 e. The second kappa shape index (κ2) is 7.30. The van der Waals surface area contributed by atoms with Crippen molar-refractivity contribution in [2.24, 2.45) is 0 Å². The molecule has 1 aliphatic heterocycles. The Bertz CT molecular complexity index is 845. The lowest BCUT2D eigenvalue weighted by Crippen LogP contribution is -2.24. The normalized spacial score (nSPS) is 14.3. The van der Waals surface area contributed by atoms with Crippen LogP contribution in [-0.4, -0.2) is 18.4 Å². The summed E-state index contributed by atoms with van der Waals surface area (Å²) in [7, 11) is 0. The highest BCUT2D eigenvalue weighted by Gasteiger charge is 2.24. The molecule has 0 radical (unpaired) electrons. The third kappa shape index (κ3) is 4.12. The number of halogens is 1. The van der Waals surface area contributed by atoms with Gasteiger partial charge < -0.3 is 10.2 Å². The van der Waals surface area contributed by atoms with Crippen molar-refractivity contribution in [3.63, 3.8) is 0 Å². The number of hydrogen-bond acceptors (Lipinski definition) is 2. The van der Waals surface area contributed by atoms with Gasteiger partial charge in [-0.3, -0.25) is 9.59 Å². The molecule has 2 aromatic rings. The highest BCUT2D eigenvalue weighted by molar-refractivity contribution is 6.02. The van der Waals surface area contributed by atoms with Gasteiger partial charge in [0.05, 0.1) is 5.69 Å². The fourth-order valence-electron chi connectivity index (χ4n) is 2.84. The van der Waals surface area contributed by atoms with Crippen LogP contribution in [0.15, 0.2) is 48.5 Å². The first-order chi connectivity index (χ1) is 12.0. The number of carbonyl (C=O) groups is 2. The van der Waals surface area contributed by atoms with E-state index in [-0.39, 0.29) is 17.5 Å². The van der Waals surface area contributed by atoms with Gasteiger partial charge in [0.15, 0.2) is 0 Å². The maximum absolute atomic E-state index is 14.3. The molecule has 5 heteroatoms. The van der Waals surface area contributed by atoms with Crippen molar-refractivity contribution in [2.75, 3.05) is 16.8 Å². The van der Waals surface area contributed by atoms with E-state index in [2.05, 4.69) is 5.32 Å². The second-order valence-electron chi connectivity index (χ2n) is 6.05. The molecule has 128 valence electrons. The molecule has 25 heavy (non-hydrogen) atoms. The second-order valence-corrected chi connectivity index (χ2v) is 6.05. The Hall–Kier alpha value is -2.95. The standard InChI is InChI=1S/C20H19FN2O2/c1-14-4-2-5-15(12-14)7-10-19(24)22-16-8-9-18(17(21)13-16)23-11-3-6-20(23)25/h2,4-5,7-10,12-13H,3,6,11H2,1H3,(H,22,24)/b10-7+. The van der Waals surface area contributed by atoms with Crippen molar-refractivity contribution in [1.29, 1.82) is 0 Å². The third-order valence-corrected chi connectivity index (χ3v) is 4.05. The monoisotopic (exact) mass is 338 g/mol. The molecule has 0 unspecified atom stereocenters. The van der Waals surface area contributed by atoms with Gasteiger partial charge in [-0.1, -0.05) is 29.8 Å². The maximum Gasteiger partial charge on any atom is 0.248 e. The molecule has 0 bridgehead atoms. The fourth-order valence-corrected chi connectivity index (χ4v) is 2.84. The van der Waals surface area contributed by atoms with Crippen LogP contribution in [0.25, 0.3) is 6.08 Å². The lowest BCUT2D eigenvalue weighted by molar-refractivity contribution is -0.117. The summed E-state index contributed by atoms with van der Waals surface area (Å²) in [5.41, 5.74) is 2.64. The molecule has 1 fully saturated rings. The lowest BCUT2D eigenvalue weighted by Gasteiger charge is -2.17. The van der Waals surface area contributed by atoms with Gasteiger partial charge in [-0.15, -0.1) is 0 Å². The molecule has 1 saturated heterocycles. The summed E-state index contributed by atoms with van der Waals surface area (Å²) in [5, 5.41) is 2.63. The van der Waals surface area contributed by atoms with Crippen molar-refractivity contribution in [3.8, 4) is 0 Å². The van der Waals surface area contributed by atoms with Crippen LogP contribution < -0.4 is 10.2 Å². The average molecular weight is 338 g/mol. The van der Waals surface area contributed by atoms with E-state index >= 15 is 0 Å². The van der Waals surface area contributed by atoms with Gasteiger partial charge in [0.25, 0.3) is 0 Å². The molecular weight excluding hydrogens is 319 g/mol. The minimum absolute atomic E-state index is 0.0724. The predicted octanol–water partition coefficient (Wildman–Crippen LogP) is 3.91. The van der Waals surface area contributed by atoms with Crippen LogP contribution in [0.3, 0.4) is 0 Å². The molecule has 1 heterocycles. The van der Waals surface area contributed by atoms with E-state index in [1.54, 1.807) is 12.1 Å². The fraction of sp³-hybridized carbons (Fsp3) is 0.200. The van der Waals surface area contributed by atoms with Crippen LogP contribution in [0, 0.1) is 12.7 Å². The number of hydrogen-bond donors (Lipinski definition) is 1. The van der Waals surface area contributed by atoms with E-state index in [1.165, 1.54) is 23.1 Å². The minimum atomic E-state index is -0.518. The molecule has 2 amide bonds. The number of nitrogens with zero attached hydrogens (tertiary/aromatic N) is 1. The Balaban J connectivity index is 1.67. The molecular formula is C20H19FN2O2. The summed E-state index contributed by atoms with van der Waals surface area (Å²) in [5.74, 6) is -0.932. The van der Waals surface area contributed by atoms with Crippen molar-refractivity contribution in [1.82, 2.24) is 0 Å². The van der Waals surface area contributed by atoms with Crippen LogP contribution in [0.2, 0.25) is 0 Å². The van der Waals surface area contributed by atoms with Gasteiger partial charge in [-0.25, -0.2) is 4.39 Å². The summed E-state index contributed by atoms with van der Waals surface area (Å²) in [6.07, 6.45) is 4.29. The van der Waals surface area contributed by atoms with E-state index in [1.807, 2.05) is 31.2 Å². The number of anilines is 2. The number of nitrogens with one attached hydrogen (secondary N) is 1. The summed E-state index contributed by atoms with van der Waals surface area (Å²) in [6.45, 7) is 2.51. The summed E-state index contributed by atoms with van der Waals surface area (Å²) in [4.78, 5) is 25.1. The van der Waals surface area contributed by atoms with E-state index in [4.69, 9.17) is 0 Å². The maximum atomic E-state index is 14.3. The zero-order valence-electron chi connectivity index (χ0n) is 14.0. The van der Waals surface area contributed by atoms with Crippen molar-refractivity contribution < 1.29 is 14.0 Å². The van der Waals surface area contributed by atoms with Gasteiger partial charge in [0.1, 0.15) is 5.82 Å². The van der Waals surface area contributed by atoms with E-state index < -0.39 is 5.82 Å². The first kappa shape index (κ1) is 16.9. The Morgan fingerprint density at radius 3 is 2.76 bits per heavy atom. The van der Waals surface area contributed by atoms with Gasteiger partial charge >= 0.3 is 0 Å². The first-order valence-electron chi connectivity index (χ1n) is 8.18. The summed E-state index contributed by atoms with van der Waals surface area (Å²) in [6, 6.07) is 12.1. The topological polar surface area (TPSA) is 49.4 Å². The van der Waals surface area contributed by atoms with E-state index in [0.29, 0.717) is 18.7 Å². The lowest BCUT2D eigenvalue weighted by atomic mass is 10.1. The van der Waals surface area contributed by atoms with Crippen LogP contribution in [-0.2, 0) is 9.59 Å². The van der Waals surface area contributed by atoms with Gasteiger partial charge in [0, 0.05) is 24.7 Å². The Labute approximate surface area is 146 Å². The number of benzene rings is 2. The minimum Gasteiger partial charge on any atom is -0.322 e. The quantitative estimate of drug-likeness (QED) is 0.859.